The van der Waals surface area contributed by atoms with E-state index in [2.05, 4.69) is 33.8 Å². The number of methoxy groups -OCH3 is 1. The number of rotatable bonds is 14. The van der Waals surface area contributed by atoms with Crippen LogP contribution in [0.2, 0.25) is 17.7 Å². The molecule has 0 aliphatic heterocycles. The van der Waals surface area contributed by atoms with E-state index >= 15 is 0 Å². The quantitative estimate of drug-likeness (QED) is 0.173. The molecule has 0 heterocycles. The molecule has 0 unspecified atom stereocenters. The van der Waals surface area contributed by atoms with E-state index < -0.39 is 18.4 Å². The normalized spacial score (nSPS) is 12.5. The van der Waals surface area contributed by atoms with Crippen molar-refractivity contribution in [2.75, 3.05) is 7.11 Å². The summed E-state index contributed by atoms with van der Waals surface area (Å²) in [5, 5.41) is 0. The molecule has 0 aliphatic carbocycles. The van der Waals surface area contributed by atoms with E-state index in [-0.39, 0.29) is 5.97 Å². The van der Waals surface area contributed by atoms with E-state index in [9.17, 15) is 4.79 Å². The predicted molar refractivity (Wildman–Crippen MR) is 105 cm³/mol. The Bertz CT molecular complexity index is 315. The molecule has 0 aromatic rings. The van der Waals surface area contributed by atoms with Crippen LogP contribution >= 0.6 is 0 Å². The monoisotopic (exact) mass is 432 g/mol. The van der Waals surface area contributed by atoms with E-state index in [1.807, 2.05) is 0 Å². The summed E-state index contributed by atoms with van der Waals surface area (Å²) < 4.78 is 10.8. The SMILES string of the molecule is CCC[CH2][Sn]([CH2]/C=C(\C)CCC(=O)OC)([CH2]CCC)[CH2]CCC. The van der Waals surface area contributed by atoms with Crippen LogP contribution in [-0.2, 0) is 9.53 Å². The molecular formula is C20H40O2Sn. The third-order valence-electron chi connectivity index (χ3n) is 5.02. The van der Waals surface area contributed by atoms with Crippen LogP contribution in [0.4, 0.5) is 0 Å². The van der Waals surface area contributed by atoms with Crippen molar-refractivity contribution in [3.63, 3.8) is 0 Å². The molecule has 0 bridgehead atoms. The Balaban J connectivity index is 4.81. The number of hydrogen-bond acceptors (Lipinski definition) is 2. The Morgan fingerprint density at radius 3 is 1.78 bits per heavy atom. The molecule has 0 rings (SSSR count). The molecule has 0 spiro atoms. The average molecular weight is 431 g/mol. The summed E-state index contributed by atoms with van der Waals surface area (Å²) in [6.07, 6.45) is 12.2. The Morgan fingerprint density at radius 2 is 1.39 bits per heavy atom. The standard InChI is InChI=1S/C8H13O2.3C4H9.Sn/c1-4-7(2)5-6-8(9)10-3;3*1-3-4-2;/h4H,1,5-6H2,2-3H3;3*1,3-4H2,2H3;/b7-4+;;;;. The molecule has 0 fully saturated rings. The van der Waals surface area contributed by atoms with Gasteiger partial charge in [0.25, 0.3) is 0 Å². The van der Waals surface area contributed by atoms with Gasteiger partial charge in [0.05, 0.1) is 0 Å². The second-order valence-electron chi connectivity index (χ2n) is 7.14. The fraction of sp³-hybridized carbons (Fsp3) is 0.850. The molecule has 0 aliphatic rings. The third-order valence-corrected chi connectivity index (χ3v) is 20.2. The van der Waals surface area contributed by atoms with Crippen molar-refractivity contribution < 1.29 is 9.53 Å². The molecule has 0 N–H and O–H groups in total. The minimum atomic E-state index is -2.03. The van der Waals surface area contributed by atoms with Crippen molar-refractivity contribution in [2.24, 2.45) is 0 Å². The first kappa shape index (κ1) is 23.0. The van der Waals surface area contributed by atoms with Crippen LogP contribution in [0.1, 0.15) is 79.1 Å². The molecule has 0 aromatic heterocycles. The Hall–Kier alpha value is 0.00870. The Kier molecular flexibility index (Phi) is 14.4. The van der Waals surface area contributed by atoms with Gasteiger partial charge in [0.1, 0.15) is 0 Å². The van der Waals surface area contributed by atoms with Crippen LogP contribution in [0.25, 0.3) is 0 Å². The van der Waals surface area contributed by atoms with Crippen molar-refractivity contribution in [1.82, 2.24) is 0 Å². The van der Waals surface area contributed by atoms with Crippen LogP contribution in [0.5, 0.6) is 0 Å². The molecule has 0 radical (unpaired) electrons. The zero-order chi connectivity index (χ0) is 17.6. The molecule has 0 saturated heterocycles. The summed E-state index contributed by atoms with van der Waals surface area (Å²) >= 11 is -2.03. The van der Waals surface area contributed by atoms with E-state index in [0.29, 0.717) is 6.42 Å². The molecule has 0 saturated carbocycles. The van der Waals surface area contributed by atoms with Crippen molar-refractivity contribution in [3.8, 4) is 0 Å². The molecule has 0 atom stereocenters. The number of allylic oxidation sites excluding steroid dienone is 2. The van der Waals surface area contributed by atoms with Crippen molar-refractivity contribution in [3.05, 3.63) is 11.6 Å². The molecule has 0 aromatic carbocycles. The van der Waals surface area contributed by atoms with Gasteiger partial charge in [0.2, 0.25) is 0 Å². The van der Waals surface area contributed by atoms with Gasteiger partial charge in [0.15, 0.2) is 0 Å². The van der Waals surface area contributed by atoms with Gasteiger partial charge in [-0.1, -0.05) is 0 Å². The number of carbonyl (C=O) groups is 1. The first-order chi connectivity index (χ1) is 11.0. The van der Waals surface area contributed by atoms with Crippen LogP contribution in [0.3, 0.4) is 0 Å². The zero-order valence-corrected chi connectivity index (χ0v) is 19.2. The molecule has 23 heavy (non-hydrogen) atoms. The van der Waals surface area contributed by atoms with Crippen LogP contribution in [-0.4, -0.2) is 31.5 Å². The minimum absolute atomic E-state index is 0.0875. The van der Waals surface area contributed by atoms with E-state index in [0.717, 1.165) is 6.42 Å². The topological polar surface area (TPSA) is 26.3 Å². The molecule has 136 valence electrons. The first-order valence-electron chi connectivity index (χ1n) is 9.76. The van der Waals surface area contributed by atoms with E-state index in [1.165, 1.54) is 55.6 Å². The summed E-state index contributed by atoms with van der Waals surface area (Å²) in [7, 11) is 1.48. The van der Waals surface area contributed by atoms with Crippen LogP contribution in [0, 0.1) is 0 Å². The maximum atomic E-state index is 11.3. The van der Waals surface area contributed by atoms with Gasteiger partial charge in [-0.3, -0.25) is 0 Å². The van der Waals surface area contributed by atoms with Crippen molar-refractivity contribution in [2.45, 2.75) is 96.8 Å². The second-order valence-corrected chi connectivity index (χ2v) is 21.2. The third kappa shape index (κ3) is 11.2. The van der Waals surface area contributed by atoms with Crippen LogP contribution in [0.15, 0.2) is 11.6 Å². The average Bonchev–Trinajstić information content (AvgIpc) is 2.58. The van der Waals surface area contributed by atoms with Crippen molar-refractivity contribution >= 4 is 24.3 Å². The van der Waals surface area contributed by atoms with E-state index in [4.69, 9.17) is 4.74 Å². The summed E-state index contributed by atoms with van der Waals surface area (Å²) in [4.78, 5) is 11.3. The van der Waals surface area contributed by atoms with Gasteiger partial charge < -0.3 is 0 Å². The van der Waals surface area contributed by atoms with Crippen LogP contribution < -0.4 is 0 Å². The maximum absolute atomic E-state index is 11.3. The molecule has 2 nitrogen and oxygen atoms in total. The van der Waals surface area contributed by atoms with Gasteiger partial charge in [-0.25, -0.2) is 0 Å². The van der Waals surface area contributed by atoms with Gasteiger partial charge >= 0.3 is 149 Å². The Morgan fingerprint density at radius 1 is 0.913 bits per heavy atom. The van der Waals surface area contributed by atoms with Gasteiger partial charge in [0, 0.05) is 0 Å². The Labute approximate surface area is 149 Å². The molecule has 3 heteroatoms. The number of unbranched alkanes of at least 4 members (excludes halogenated alkanes) is 3. The predicted octanol–water partition coefficient (Wildman–Crippen LogP) is 6.74. The first-order valence-corrected chi connectivity index (χ1v) is 17.8. The summed E-state index contributed by atoms with van der Waals surface area (Å²) in [5.41, 5.74) is 1.39. The summed E-state index contributed by atoms with van der Waals surface area (Å²) in [6.45, 7) is 9.17. The number of carbonyl (C=O) groups excluding carboxylic acids is 1. The number of ether oxygens (including phenoxy) is 1. The summed E-state index contributed by atoms with van der Waals surface area (Å²) in [5.74, 6) is -0.0875. The molecular weight excluding hydrogens is 391 g/mol. The van der Waals surface area contributed by atoms with Gasteiger partial charge in [-0.2, -0.15) is 0 Å². The van der Waals surface area contributed by atoms with Crippen molar-refractivity contribution in [1.29, 1.82) is 0 Å². The zero-order valence-electron chi connectivity index (χ0n) is 16.4. The van der Waals surface area contributed by atoms with Gasteiger partial charge in [-0.15, -0.1) is 0 Å². The second kappa shape index (κ2) is 14.4. The fourth-order valence-electron chi connectivity index (χ4n) is 3.23. The fourth-order valence-corrected chi connectivity index (χ4v) is 18.8. The summed E-state index contributed by atoms with van der Waals surface area (Å²) in [6, 6.07) is 0. The number of hydrogen-bond donors (Lipinski definition) is 0. The molecule has 0 amide bonds. The van der Waals surface area contributed by atoms with Gasteiger partial charge in [-0.05, 0) is 0 Å². The number of esters is 1. The van der Waals surface area contributed by atoms with E-state index in [1.54, 1.807) is 13.3 Å².